The van der Waals surface area contributed by atoms with Crippen molar-refractivity contribution in [2.75, 3.05) is 0 Å². The topological polar surface area (TPSA) is 37.3 Å². The van der Waals surface area contributed by atoms with Gasteiger partial charge in [0.25, 0.3) is 0 Å². The lowest BCUT2D eigenvalue weighted by Crippen LogP contribution is -2.38. The van der Waals surface area contributed by atoms with Crippen LogP contribution in [-0.2, 0) is 4.79 Å². The van der Waals surface area contributed by atoms with E-state index in [0.29, 0.717) is 19.3 Å². The molecule has 0 aliphatic carbocycles. The number of Topliss-reactive ketones (excluding diaryl/α,β-unsaturated/α-hetero) is 1. The molecule has 0 saturated carbocycles. The SMILES string of the molecule is CCCCCCCCCCCCCCCCC(=O)[C@@](O)(CCCCCCCCCCCCCCC)CCCCCCCCCCCCCCCC. The summed E-state index contributed by atoms with van der Waals surface area (Å²) in [4.78, 5) is 13.4. The molecule has 1 N–H and O–H groups in total. The van der Waals surface area contributed by atoms with Gasteiger partial charge in [0.2, 0.25) is 0 Å². The fourth-order valence-electron chi connectivity index (χ4n) is 8.16. The van der Waals surface area contributed by atoms with Gasteiger partial charge in [0.05, 0.1) is 0 Å². The van der Waals surface area contributed by atoms with Gasteiger partial charge in [0, 0.05) is 6.42 Å². The van der Waals surface area contributed by atoms with Crippen LogP contribution in [0.15, 0.2) is 0 Å². The quantitative estimate of drug-likeness (QED) is 0.0637. The lowest BCUT2D eigenvalue weighted by atomic mass is 9.84. The van der Waals surface area contributed by atoms with Gasteiger partial charge in [-0.15, -0.1) is 0 Å². The molecule has 0 aliphatic rings. The monoisotopic (exact) mass is 719 g/mol. The number of hydrogen-bond acceptors (Lipinski definition) is 2. The summed E-state index contributed by atoms with van der Waals surface area (Å²) < 4.78 is 0. The molecule has 0 aromatic heterocycles. The first kappa shape index (κ1) is 50.6. The Labute approximate surface area is 323 Å². The Morgan fingerprint density at radius 3 is 0.686 bits per heavy atom. The zero-order chi connectivity index (χ0) is 37.2. The van der Waals surface area contributed by atoms with Crippen molar-refractivity contribution < 1.29 is 9.90 Å². The summed E-state index contributed by atoms with van der Waals surface area (Å²) >= 11 is 0. The van der Waals surface area contributed by atoms with Crippen LogP contribution in [0.25, 0.3) is 0 Å². The molecule has 1 atom stereocenters. The minimum atomic E-state index is -1.06. The maximum Gasteiger partial charge on any atom is 0.164 e. The number of rotatable bonds is 45. The molecule has 0 unspecified atom stereocenters. The fraction of sp³-hybridized carbons (Fsp3) is 0.980. The van der Waals surface area contributed by atoms with Gasteiger partial charge in [-0.25, -0.2) is 0 Å². The number of hydrogen-bond donors (Lipinski definition) is 1. The summed E-state index contributed by atoms with van der Waals surface area (Å²) in [6.07, 6.45) is 56.8. The summed E-state index contributed by atoms with van der Waals surface area (Å²) in [6.45, 7) is 6.88. The highest BCUT2D eigenvalue weighted by atomic mass is 16.3. The molecule has 0 radical (unpaired) electrons. The van der Waals surface area contributed by atoms with Crippen LogP contribution in [0.4, 0.5) is 0 Å². The van der Waals surface area contributed by atoms with Gasteiger partial charge in [-0.2, -0.15) is 0 Å². The smallest absolute Gasteiger partial charge is 0.164 e. The first-order chi connectivity index (χ1) is 25.1. The molecule has 0 bridgehead atoms. The van der Waals surface area contributed by atoms with Gasteiger partial charge >= 0.3 is 0 Å². The molecule has 51 heavy (non-hydrogen) atoms. The number of ketones is 1. The maximum atomic E-state index is 13.4. The molecule has 306 valence electrons. The second kappa shape index (κ2) is 42.4. The molecular weight excluding hydrogens is 621 g/mol. The summed E-state index contributed by atoms with van der Waals surface area (Å²) in [5, 5.41) is 11.7. The summed E-state index contributed by atoms with van der Waals surface area (Å²) in [5.41, 5.74) is -1.06. The fourth-order valence-corrected chi connectivity index (χ4v) is 8.16. The van der Waals surface area contributed by atoms with E-state index >= 15 is 0 Å². The molecule has 0 heterocycles. The summed E-state index contributed by atoms with van der Waals surface area (Å²) in [5.74, 6) is 0.162. The van der Waals surface area contributed by atoms with Gasteiger partial charge in [0.15, 0.2) is 5.78 Å². The summed E-state index contributed by atoms with van der Waals surface area (Å²) in [6, 6.07) is 0. The van der Waals surface area contributed by atoms with Crippen molar-refractivity contribution >= 4 is 5.78 Å². The second-order valence-corrected chi connectivity index (χ2v) is 17.1. The average molecular weight is 719 g/mol. The van der Waals surface area contributed by atoms with Crippen molar-refractivity contribution in [2.24, 2.45) is 0 Å². The van der Waals surface area contributed by atoms with Crippen molar-refractivity contribution in [1.29, 1.82) is 0 Å². The molecule has 0 aromatic carbocycles. The van der Waals surface area contributed by atoms with Gasteiger partial charge in [-0.3, -0.25) is 4.79 Å². The summed E-state index contributed by atoms with van der Waals surface area (Å²) in [7, 11) is 0. The van der Waals surface area contributed by atoms with Crippen LogP contribution in [0.1, 0.15) is 303 Å². The average Bonchev–Trinajstić information content (AvgIpc) is 3.13. The molecule has 0 spiro atoms. The largest absolute Gasteiger partial charge is 0.382 e. The Hall–Kier alpha value is -0.370. The predicted molar refractivity (Wildman–Crippen MR) is 230 cm³/mol. The van der Waals surface area contributed by atoms with Crippen molar-refractivity contribution in [3.8, 4) is 0 Å². The highest BCUT2D eigenvalue weighted by Gasteiger charge is 2.33. The predicted octanol–water partition coefficient (Wildman–Crippen LogP) is 17.5. The van der Waals surface area contributed by atoms with Gasteiger partial charge < -0.3 is 5.11 Å². The lowest BCUT2D eigenvalue weighted by molar-refractivity contribution is -0.139. The molecule has 2 nitrogen and oxygen atoms in total. The van der Waals surface area contributed by atoms with E-state index in [4.69, 9.17) is 0 Å². The number of carbonyl (C=O) groups excluding carboxylic acids is 1. The molecule has 0 saturated heterocycles. The van der Waals surface area contributed by atoms with E-state index in [1.807, 2.05) is 0 Å². The molecular formula is C49H98O2. The van der Waals surface area contributed by atoms with Crippen LogP contribution >= 0.6 is 0 Å². The Balaban J connectivity index is 4.21. The zero-order valence-electron chi connectivity index (χ0n) is 36.0. The molecule has 0 rings (SSSR count). The van der Waals surface area contributed by atoms with Gasteiger partial charge in [0.1, 0.15) is 5.60 Å². The molecule has 0 amide bonds. The van der Waals surface area contributed by atoms with Crippen LogP contribution in [0.2, 0.25) is 0 Å². The Morgan fingerprint density at radius 2 is 0.471 bits per heavy atom. The van der Waals surface area contributed by atoms with E-state index in [1.54, 1.807) is 0 Å². The van der Waals surface area contributed by atoms with Crippen LogP contribution < -0.4 is 0 Å². The second-order valence-electron chi connectivity index (χ2n) is 17.1. The molecule has 0 fully saturated rings. The van der Waals surface area contributed by atoms with E-state index in [9.17, 15) is 9.90 Å². The number of unbranched alkanes of at least 4 members (excludes halogenated alkanes) is 38. The van der Waals surface area contributed by atoms with Crippen molar-refractivity contribution in [2.45, 2.75) is 309 Å². The highest BCUT2D eigenvalue weighted by Crippen LogP contribution is 2.27. The normalized spacial score (nSPS) is 12.9. The lowest BCUT2D eigenvalue weighted by Gasteiger charge is -2.27. The van der Waals surface area contributed by atoms with E-state index in [0.717, 1.165) is 25.7 Å². The highest BCUT2D eigenvalue weighted by molar-refractivity contribution is 5.86. The third-order valence-electron chi connectivity index (χ3n) is 11.9. The van der Waals surface area contributed by atoms with Crippen molar-refractivity contribution in [3.63, 3.8) is 0 Å². The minimum absolute atomic E-state index is 0.162. The van der Waals surface area contributed by atoms with Gasteiger partial charge in [-0.05, 0) is 19.3 Å². The Kier molecular flexibility index (Phi) is 42.1. The van der Waals surface area contributed by atoms with E-state index < -0.39 is 5.60 Å². The van der Waals surface area contributed by atoms with E-state index in [1.165, 1.54) is 238 Å². The van der Waals surface area contributed by atoms with Crippen LogP contribution in [0, 0.1) is 0 Å². The minimum Gasteiger partial charge on any atom is -0.382 e. The third kappa shape index (κ3) is 37.7. The standard InChI is InChI=1S/C49H98O2/c1-4-7-10-13-16-19-22-25-27-30-33-36-39-42-45-48(50)49(51,46-43-40-37-34-31-28-24-21-18-15-12-9-6-3)47-44-41-38-35-32-29-26-23-20-17-14-11-8-5-2/h51H,4-47H2,1-3H3/t49-/m1/s1. The molecule has 2 heteroatoms. The van der Waals surface area contributed by atoms with Crippen molar-refractivity contribution in [3.05, 3.63) is 0 Å². The van der Waals surface area contributed by atoms with Crippen molar-refractivity contribution in [1.82, 2.24) is 0 Å². The van der Waals surface area contributed by atoms with Crippen LogP contribution in [-0.4, -0.2) is 16.5 Å². The third-order valence-corrected chi connectivity index (χ3v) is 11.9. The van der Waals surface area contributed by atoms with Crippen LogP contribution in [0.3, 0.4) is 0 Å². The zero-order valence-corrected chi connectivity index (χ0v) is 36.0. The van der Waals surface area contributed by atoms with Gasteiger partial charge in [-0.1, -0.05) is 278 Å². The van der Waals surface area contributed by atoms with Crippen LogP contribution in [0.5, 0.6) is 0 Å². The molecule has 0 aromatic rings. The maximum absolute atomic E-state index is 13.4. The number of carbonyl (C=O) groups is 1. The van der Waals surface area contributed by atoms with E-state index in [2.05, 4.69) is 20.8 Å². The molecule has 0 aliphatic heterocycles. The van der Waals surface area contributed by atoms with E-state index in [-0.39, 0.29) is 5.78 Å². The first-order valence-corrected chi connectivity index (χ1v) is 24.4. The number of aliphatic hydroxyl groups is 1. The Morgan fingerprint density at radius 1 is 0.294 bits per heavy atom. The Bertz CT molecular complexity index is 659. The first-order valence-electron chi connectivity index (χ1n) is 24.4.